The lowest BCUT2D eigenvalue weighted by atomic mass is 10.0. The third-order valence-electron chi connectivity index (χ3n) is 3.98. The van der Waals surface area contributed by atoms with Gasteiger partial charge in [0.15, 0.2) is 5.84 Å². The first-order chi connectivity index (χ1) is 11.1. The Balaban J connectivity index is 1.77. The van der Waals surface area contributed by atoms with Crippen LogP contribution in [0.2, 0.25) is 0 Å². The maximum absolute atomic E-state index is 12.3. The van der Waals surface area contributed by atoms with E-state index < -0.39 is 0 Å². The summed E-state index contributed by atoms with van der Waals surface area (Å²) in [5, 5.41) is 10.8. The number of amidine groups is 1. The van der Waals surface area contributed by atoms with Gasteiger partial charge in [0, 0.05) is 18.8 Å². The van der Waals surface area contributed by atoms with Crippen molar-refractivity contribution in [3.05, 3.63) is 52.8 Å². The van der Waals surface area contributed by atoms with Gasteiger partial charge in [0.25, 0.3) is 5.91 Å². The van der Waals surface area contributed by atoms with Crippen LogP contribution < -0.4 is 11.1 Å². The topological polar surface area (TPSA) is 94.5 Å². The van der Waals surface area contributed by atoms with Gasteiger partial charge in [-0.3, -0.25) is 9.48 Å². The predicted molar refractivity (Wildman–Crippen MR) is 85.9 cm³/mol. The summed E-state index contributed by atoms with van der Waals surface area (Å²) in [7, 11) is 3.25. The van der Waals surface area contributed by atoms with Crippen LogP contribution in [0.4, 0.5) is 0 Å². The van der Waals surface area contributed by atoms with E-state index in [0.717, 1.165) is 24.0 Å². The van der Waals surface area contributed by atoms with E-state index in [0.29, 0.717) is 11.4 Å². The Morgan fingerprint density at radius 2 is 2.30 bits per heavy atom. The second-order valence-corrected chi connectivity index (χ2v) is 5.54. The zero-order valence-electron chi connectivity index (χ0n) is 13.1. The summed E-state index contributed by atoms with van der Waals surface area (Å²) in [5.41, 5.74) is 9.52. The number of nitrogens with zero attached hydrogens (tertiary/aromatic N) is 3. The molecule has 1 atom stereocenters. The van der Waals surface area contributed by atoms with E-state index >= 15 is 0 Å². The number of aromatic nitrogens is 2. The van der Waals surface area contributed by atoms with Crippen molar-refractivity contribution in [1.29, 1.82) is 0 Å². The molecule has 1 aliphatic rings. The maximum Gasteiger partial charge on any atom is 0.254 e. The molecule has 0 aliphatic heterocycles. The fraction of sp³-hybridized carbons (Fsp3) is 0.312. The molecule has 0 spiro atoms. The molecule has 7 heteroatoms. The minimum Gasteiger partial charge on any atom is -0.397 e. The molecule has 1 heterocycles. The van der Waals surface area contributed by atoms with Crippen LogP contribution in [0.5, 0.6) is 0 Å². The first-order valence-electron chi connectivity index (χ1n) is 7.38. The molecule has 1 aliphatic carbocycles. The standard InChI is InChI=1S/C16H19N5O2/c1-21-9-12(8-18-21)16(22)19-14-6-4-10-7-11(3-5-13(10)14)15(17)20-23-2/h3,5,7-9,14H,4,6H2,1-2H3,(H2,17,20)(H,19,22)/t14-/m1/s1. The minimum absolute atomic E-state index is 0.00680. The monoisotopic (exact) mass is 313 g/mol. The Morgan fingerprint density at radius 3 is 3.00 bits per heavy atom. The smallest absolute Gasteiger partial charge is 0.254 e. The van der Waals surface area contributed by atoms with Crippen molar-refractivity contribution in [2.24, 2.45) is 17.9 Å². The number of oxime groups is 1. The lowest BCUT2D eigenvalue weighted by Crippen LogP contribution is -2.26. The van der Waals surface area contributed by atoms with Crippen LogP contribution in [0.25, 0.3) is 0 Å². The van der Waals surface area contributed by atoms with Crippen molar-refractivity contribution in [3.63, 3.8) is 0 Å². The van der Waals surface area contributed by atoms with Crippen LogP contribution >= 0.6 is 0 Å². The Kier molecular flexibility index (Phi) is 4.01. The maximum atomic E-state index is 12.3. The molecule has 1 aromatic heterocycles. The highest BCUT2D eigenvalue weighted by atomic mass is 16.6. The number of nitrogens with two attached hydrogens (primary N) is 1. The van der Waals surface area contributed by atoms with Crippen LogP contribution in [-0.2, 0) is 18.3 Å². The summed E-state index contributed by atoms with van der Waals surface area (Å²) >= 11 is 0. The van der Waals surface area contributed by atoms with Gasteiger partial charge >= 0.3 is 0 Å². The highest BCUT2D eigenvalue weighted by Crippen LogP contribution is 2.32. The zero-order chi connectivity index (χ0) is 16.4. The van der Waals surface area contributed by atoms with E-state index in [4.69, 9.17) is 10.6 Å². The highest BCUT2D eigenvalue weighted by Gasteiger charge is 2.25. The summed E-state index contributed by atoms with van der Waals surface area (Å²) in [6, 6.07) is 5.89. The van der Waals surface area contributed by atoms with Gasteiger partial charge < -0.3 is 15.9 Å². The molecule has 0 unspecified atom stereocenters. The van der Waals surface area contributed by atoms with Crippen molar-refractivity contribution >= 4 is 11.7 Å². The van der Waals surface area contributed by atoms with Gasteiger partial charge in [0.1, 0.15) is 7.11 Å². The third kappa shape index (κ3) is 3.03. The second-order valence-electron chi connectivity index (χ2n) is 5.54. The Labute approximate surface area is 134 Å². The van der Waals surface area contributed by atoms with Crippen LogP contribution in [0, 0.1) is 0 Å². The van der Waals surface area contributed by atoms with Gasteiger partial charge in [-0.05, 0) is 30.0 Å². The number of fused-ring (bicyclic) bond motifs is 1. The minimum atomic E-state index is -0.111. The summed E-state index contributed by atoms with van der Waals surface area (Å²) in [5.74, 6) is 0.235. The second kappa shape index (κ2) is 6.12. The fourth-order valence-electron chi connectivity index (χ4n) is 2.86. The average Bonchev–Trinajstić information content (AvgIpc) is 3.14. The Hall–Kier alpha value is -2.83. The number of amides is 1. The number of aryl methyl sites for hydroxylation is 2. The summed E-state index contributed by atoms with van der Waals surface area (Å²) in [4.78, 5) is 17.0. The molecule has 3 rings (SSSR count). The van der Waals surface area contributed by atoms with Gasteiger partial charge in [0.2, 0.25) is 0 Å². The number of carbonyl (C=O) groups is 1. The van der Waals surface area contributed by atoms with Gasteiger partial charge in [0.05, 0.1) is 17.8 Å². The van der Waals surface area contributed by atoms with E-state index in [1.54, 1.807) is 24.1 Å². The van der Waals surface area contributed by atoms with E-state index in [2.05, 4.69) is 15.6 Å². The first-order valence-corrected chi connectivity index (χ1v) is 7.38. The molecule has 0 radical (unpaired) electrons. The highest BCUT2D eigenvalue weighted by molar-refractivity contribution is 5.97. The number of nitrogens with one attached hydrogen (secondary N) is 1. The average molecular weight is 313 g/mol. The van der Waals surface area contributed by atoms with E-state index in [-0.39, 0.29) is 11.9 Å². The van der Waals surface area contributed by atoms with Crippen molar-refractivity contribution in [3.8, 4) is 0 Å². The van der Waals surface area contributed by atoms with Gasteiger partial charge in [-0.25, -0.2) is 0 Å². The normalized spacial score (nSPS) is 17.0. The van der Waals surface area contributed by atoms with E-state index in [9.17, 15) is 4.79 Å². The molecule has 1 aromatic carbocycles. The van der Waals surface area contributed by atoms with Crippen LogP contribution in [-0.4, -0.2) is 28.6 Å². The third-order valence-corrected chi connectivity index (χ3v) is 3.98. The van der Waals surface area contributed by atoms with Crippen LogP contribution in [0.15, 0.2) is 35.7 Å². The summed E-state index contributed by atoms with van der Waals surface area (Å²) in [6.45, 7) is 0. The molecule has 120 valence electrons. The SMILES string of the molecule is CO/N=C(\N)c1ccc2c(c1)CC[C@H]2NC(=O)c1cnn(C)c1. The molecule has 3 N–H and O–H groups in total. The zero-order valence-corrected chi connectivity index (χ0v) is 13.1. The number of rotatable bonds is 4. The first kappa shape index (κ1) is 15.1. The molecule has 2 aromatic rings. The summed E-state index contributed by atoms with van der Waals surface area (Å²) < 4.78 is 1.61. The number of hydrogen-bond acceptors (Lipinski definition) is 4. The molecule has 0 fully saturated rings. The molecular formula is C16H19N5O2. The quantitative estimate of drug-likeness (QED) is 0.502. The van der Waals surface area contributed by atoms with E-state index in [1.807, 2.05) is 18.2 Å². The van der Waals surface area contributed by atoms with Crippen LogP contribution in [0.3, 0.4) is 0 Å². The van der Waals surface area contributed by atoms with Crippen molar-refractivity contribution in [1.82, 2.24) is 15.1 Å². The van der Waals surface area contributed by atoms with Crippen molar-refractivity contribution in [2.45, 2.75) is 18.9 Å². The van der Waals surface area contributed by atoms with Gasteiger partial charge in [-0.2, -0.15) is 5.10 Å². The number of carbonyl (C=O) groups excluding carboxylic acids is 1. The van der Waals surface area contributed by atoms with Gasteiger partial charge in [-0.1, -0.05) is 17.3 Å². The molecule has 0 saturated heterocycles. The fourth-order valence-corrected chi connectivity index (χ4v) is 2.86. The predicted octanol–water partition coefficient (Wildman–Crippen LogP) is 1.10. The molecular weight excluding hydrogens is 294 g/mol. The molecule has 0 saturated carbocycles. The molecule has 23 heavy (non-hydrogen) atoms. The Morgan fingerprint density at radius 1 is 1.48 bits per heavy atom. The molecule has 0 bridgehead atoms. The lowest BCUT2D eigenvalue weighted by molar-refractivity contribution is 0.0936. The molecule has 7 nitrogen and oxygen atoms in total. The van der Waals surface area contributed by atoms with E-state index in [1.165, 1.54) is 12.7 Å². The van der Waals surface area contributed by atoms with Crippen LogP contribution in [0.1, 0.15) is 39.5 Å². The summed E-state index contributed by atoms with van der Waals surface area (Å²) in [6.07, 6.45) is 5.03. The Bertz CT molecular complexity index is 766. The number of benzene rings is 1. The van der Waals surface area contributed by atoms with Crippen molar-refractivity contribution in [2.75, 3.05) is 7.11 Å². The largest absolute Gasteiger partial charge is 0.397 e. The molecule has 1 amide bonds. The number of hydrogen-bond donors (Lipinski definition) is 2. The van der Waals surface area contributed by atoms with Gasteiger partial charge in [-0.15, -0.1) is 0 Å². The lowest BCUT2D eigenvalue weighted by Gasteiger charge is -2.14. The van der Waals surface area contributed by atoms with Crippen molar-refractivity contribution < 1.29 is 9.63 Å².